The first-order valence-electron chi connectivity index (χ1n) is 11.7. The molecule has 2 heterocycles. The summed E-state index contributed by atoms with van der Waals surface area (Å²) in [5.74, 6) is 1.12. The zero-order chi connectivity index (χ0) is 20.6. The van der Waals surface area contributed by atoms with E-state index in [4.69, 9.17) is 10.5 Å². The number of ether oxygens (including phenoxy) is 1. The Labute approximate surface area is 175 Å². The van der Waals surface area contributed by atoms with Crippen LogP contribution in [0.5, 0.6) is 0 Å². The summed E-state index contributed by atoms with van der Waals surface area (Å²) in [5, 5.41) is 0. The standard InChI is InChI=1S/C22H40N4O3/c1-2-29-20(27)17-24-10-8-18(9-11-24)16-25-12-14-26(15-13-25)22(28)21(23)19-6-4-3-5-7-19/h18-19,21H,2-17,23H2,1H3/t21-/m1/s1. The molecule has 29 heavy (non-hydrogen) atoms. The van der Waals surface area contributed by atoms with Gasteiger partial charge in [-0.05, 0) is 57.5 Å². The van der Waals surface area contributed by atoms with Crippen LogP contribution in [-0.2, 0) is 14.3 Å². The summed E-state index contributed by atoms with van der Waals surface area (Å²) in [5.41, 5.74) is 6.33. The molecule has 0 aromatic heterocycles. The van der Waals surface area contributed by atoms with Crippen LogP contribution in [0, 0.1) is 11.8 Å². The fourth-order valence-corrected chi connectivity index (χ4v) is 5.14. The summed E-state index contributed by atoms with van der Waals surface area (Å²) < 4.78 is 5.05. The van der Waals surface area contributed by atoms with Gasteiger partial charge in [0.15, 0.2) is 0 Å². The molecule has 7 heteroatoms. The van der Waals surface area contributed by atoms with Crippen molar-refractivity contribution in [2.45, 2.75) is 57.9 Å². The maximum absolute atomic E-state index is 12.8. The van der Waals surface area contributed by atoms with Gasteiger partial charge in [0.2, 0.25) is 5.91 Å². The van der Waals surface area contributed by atoms with E-state index in [1.165, 1.54) is 19.3 Å². The molecule has 7 nitrogen and oxygen atoms in total. The Morgan fingerprint density at radius 2 is 1.59 bits per heavy atom. The Bertz CT molecular complexity index is 522. The van der Waals surface area contributed by atoms with Crippen LogP contribution in [0.4, 0.5) is 0 Å². The summed E-state index contributed by atoms with van der Waals surface area (Å²) in [6, 6.07) is -0.300. The van der Waals surface area contributed by atoms with E-state index < -0.39 is 0 Å². The molecule has 0 aromatic rings. The van der Waals surface area contributed by atoms with Gasteiger partial charge in [0.25, 0.3) is 0 Å². The number of amides is 1. The molecule has 0 radical (unpaired) electrons. The molecule has 2 aliphatic heterocycles. The molecule has 3 aliphatic rings. The lowest BCUT2D eigenvalue weighted by atomic mass is 9.83. The van der Waals surface area contributed by atoms with Gasteiger partial charge in [-0.1, -0.05) is 19.3 Å². The van der Waals surface area contributed by atoms with E-state index in [0.29, 0.717) is 25.0 Å². The van der Waals surface area contributed by atoms with Gasteiger partial charge in [0.1, 0.15) is 0 Å². The Kier molecular flexibility index (Phi) is 8.75. The van der Waals surface area contributed by atoms with E-state index in [1.807, 2.05) is 11.8 Å². The van der Waals surface area contributed by atoms with E-state index in [1.54, 1.807) is 0 Å². The van der Waals surface area contributed by atoms with Gasteiger partial charge in [-0.3, -0.25) is 19.4 Å². The predicted octanol–water partition coefficient (Wildman–Crippen LogP) is 1.31. The number of nitrogens with zero attached hydrogens (tertiary/aromatic N) is 3. The molecule has 0 aromatic carbocycles. The molecule has 3 fully saturated rings. The van der Waals surface area contributed by atoms with Crippen LogP contribution in [0.15, 0.2) is 0 Å². The first-order chi connectivity index (χ1) is 14.1. The van der Waals surface area contributed by atoms with Gasteiger partial charge >= 0.3 is 5.97 Å². The molecule has 3 rings (SSSR count). The topological polar surface area (TPSA) is 79.1 Å². The summed E-state index contributed by atoms with van der Waals surface area (Å²) in [6.45, 7) is 9.28. The Hall–Kier alpha value is -1.18. The molecule has 1 amide bonds. The lowest BCUT2D eigenvalue weighted by molar-refractivity contribution is -0.145. The van der Waals surface area contributed by atoms with Crippen LogP contribution in [0.25, 0.3) is 0 Å². The number of piperidine rings is 1. The Morgan fingerprint density at radius 3 is 2.21 bits per heavy atom. The van der Waals surface area contributed by atoms with Crippen LogP contribution < -0.4 is 5.73 Å². The van der Waals surface area contributed by atoms with E-state index in [0.717, 1.165) is 71.5 Å². The van der Waals surface area contributed by atoms with E-state index in [2.05, 4.69) is 9.80 Å². The molecule has 1 saturated carbocycles. The Morgan fingerprint density at radius 1 is 0.931 bits per heavy atom. The number of nitrogens with two attached hydrogens (primary N) is 1. The first kappa shape index (κ1) is 22.5. The largest absolute Gasteiger partial charge is 0.465 e. The average Bonchev–Trinajstić information content (AvgIpc) is 2.75. The van der Waals surface area contributed by atoms with Gasteiger partial charge in [-0.2, -0.15) is 0 Å². The highest BCUT2D eigenvalue weighted by molar-refractivity contribution is 5.82. The monoisotopic (exact) mass is 408 g/mol. The van der Waals surface area contributed by atoms with Crippen molar-refractivity contribution in [1.82, 2.24) is 14.7 Å². The smallest absolute Gasteiger partial charge is 0.320 e. The number of likely N-dealkylation sites (tertiary alicyclic amines) is 1. The second kappa shape index (κ2) is 11.3. The van der Waals surface area contributed by atoms with E-state index in [-0.39, 0.29) is 17.9 Å². The molecule has 2 saturated heterocycles. The van der Waals surface area contributed by atoms with E-state index in [9.17, 15) is 9.59 Å². The van der Waals surface area contributed by atoms with Gasteiger partial charge in [-0.25, -0.2) is 0 Å². The summed E-state index contributed by atoms with van der Waals surface area (Å²) in [4.78, 5) is 31.1. The fourth-order valence-electron chi connectivity index (χ4n) is 5.14. The molecular formula is C22H40N4O3. The summed E-state index contributed by atoms with van der Waals surface area (Å²) in [6.07, 6.45) is 8.22. The van der Waals surface area contributed by atoms with Crippen LogP contribution in [-0.4, -0.2) is 91.6 Å². The predicted molar refractivity (Wildman–Crippen MR) is 113 cm³/mol. The zero-order valence-corrected chi connectivity index (χ0v) is 18.2. The van der Waals surface area contributed by atoms with Crippen molar-refractivity contribution in [2.24, 2.45) is 17.6 Å². The van der Waals surface area contributed by atoms with Gasteiger partial charge in [0.05, 0.1) is 19.2 Å². The third kappa shape index (κ3) is 6.66. The zero-order valence-electron chi connectivity index (χ0n) is 18.2. The van der Waals surface area contributed by atoms with Crippen molar-refractivity contribution in [1.29, 1.82) is 0 Å². The maximum Gasteiger partial charge on any atom is 0.320 e. The molecule has 166 valence electrons. The number of esters is 1. The van der Waals surface area contributed by atoms with Crippen molar-refractivity contribution in [2.75, 3.05) is 59.0 Å². The number of hydrogen-bond acceptors (Lipinski definition) is 6. The fraction of sp³-hybridized carbons (Fsp3) is 0.909. The molecule has 0 unspecified atom stereocenters. The first-order valence-corrected chi connectivity index (χ1v) is 11.7. The summed E-state index contributed by atoms with van der Waals surface area (Å²) in [7, 11) is 0. The third-order valence-corrected chi connectivity index (χ3v) is 7.01. The highest BCUT2D eigenvalue weighted by Crippen LogP contribution is 2.27. The van der Waals surface area contributed by atoms with Crippen LogP contribution in [0.1, 0.15) is 51.9 Å². The molecular weight excluding hydrogens is 368 g/mol. The van der Waals surface area contributed by atoms with E-state index >= 15 is 0 Å². The average molecular weight is 409 g/mol. The van der Waals surface area contributed by atoms with Crippen LogP contribution in [0.2, 0.25) is 0 Å². The SMILES string of the molecule is CCOC(=O)CN1CCC(CN2CCN(C(=O)[C@H](N)C3CCCCC3)CC2)CC1. The third-order valence-electron chi connectivity index (χ3n) is 7.01. The number of carbonyl (C=O) groups is 2. The highest BCUT2D eigenvalue weighted by Gasteiger charge is 2.32. The van der Waals surface area contributed by atoms with Crippen LogP contribution >= 0.6 is 0 Å². The van der Waals surface area contributed by atoms with Crippen molar-refractivity contribution in [3.05, 3.63) is 0 Å². The molecule has 1 aliphatic carbocycles. The Balaban J connectivity index is 1.34. The lowest BCUT2D eigenvalue weighted by Gasteiger charge is -2.40. The molecule has 0 spiro atoms. The molecule has 1 atom stereocenters. The molecule has 2 N–H and O–H groups in total. The molecule has 0 bridgehead atoms. The highest BCUT2D eigenvalue weighted by atomic mass is 16.5. The van der Waals surface area contributed by atoms with Crippen molar-refractivity contribution in [3.8, 4) is 0 Å². The number of piperazine rings is 1. The number of carbonyl (C=O) groups excluding carboxylic acids is 2. The lowest BCUT2D eigenvalue weighted by Crippen LogP contribution is -2.55. The normalized spacial score (nSPS) is 24.4. The number of hydrogen-bond donors (Lipinski definition) is 1. The second-order valence-corrected chi connectivity index (χ2v) is 9.07. The number of rotatable bonds is 7. The van der Waals surface area contributed by atoms with Gasteiger partial charge < -0.3 is 15.4 Å². The quantitative estimate of drug-likeness (QED) is 0.640. The van der Waals surface area contributed by atoms with Crippen molar-refractivity contribution in [3.63, 3.8) is 0 Å². The minimum atomic E-state index is -0.300. The summed E-state index contributed by atoms with van der Waals surface area (Å²) >= 11 is 0. The van der Waals surface area contributed by atoms with Crippen molar-refractivity contribution < 1.29 is 14.3 Å². The van der Waals surface area contributed by atoms with Crippen molar-refractivity contribution >= 4 is 11.9 Å². The maximum atomic E-state index is 12.8. The second-order valence-electron chi connectivity index (χ2n) is 9.07. The minimum absolute atomic E-state index is 0.113. The van der Waals surface area contributed by atoms with Gasteiger partial charge in [-0.15, -0.1) is 0 Å². The van der Waals surface area contributed by atoms with Crippen LogP contribution in [0.3, 0.4) is 0 Å². The van der Waals surface area contributed by atoms with Gasteiger partial charge in [0, 0.05) is 32.7 Å². The minimum Gasteiger partial charge on any atom is -0.465 e.